The molecule has 2 N–H and O–H groups in total. The number of ether oxygens (including phenoxy) is 1. The van der Waals surface area contributed by atoms with Crippen molar-refractivity contribution in [2.45, 2.75) is 82.8 Å². The highest BCUT2D eigenvalue weighted by Crippen LogP contribution is 2.47. The maximum absolute atomic E-state index is 6.47. The molecule has 0 bridgehead atoms. The lowest BCUT2D eigenvalue weighted by Crippen LogP contribution is -2.46. The predicted octanol–water partition coefficient (Wildman–Crippen LogP) is 3.88. The van der Waals surface area contributed by atoms with Crippen LogP contribution in [0.3, 0.4) is 0 Å². The smallest absolute Gasteiger partial charge is 0.0685 e. The third-order valence-electron chi connectivity index (χ3n) is 6.29. The van der Waals surface area contributed by atoms with Gasteiger partial charge in [0.1, 0.15) is 0 Å². The molecule has 0 aromatic heterocycles. The fraction of sp³-hybridized carbons (Fsp3) is 1.00. The molecule has 1 spiro atoms. The topological polar surface area (TPSA) is 35.2 Å². The molecule has 1 saturated heterocycles. The summed E-state index contributed by atoms with van der Waals surface area (Å²) in [6, 6.07) is 0.462. The molecule has 4 atom stereocenters. The summed E-state index contributed by atoms with van der Waals surface area (Å²) in [5, 5.41) is 0. The van der Waals surface area contributed by atoms with Crippen molar-refractivity contribution in [3.05, 3.63) is 0 Å². The van der Waals surface area contributed by atoms with Crippen molar-refractivity contribution in [3.63, 3.8) is 0 Å². The molecule has 0 aromatic carbocycles. The van der Waals surface area contributed by atoms with Gasteiger partial charge >= 0.3 is 0 Å². The Labute approximate surface area is 118 Å². The molecule has 3 rings (SSSR count). The van der Waals surface area contributed by atoms with Crippen LogP contribution in [0.1, 0.15) is 71.1 Å². The van der Waals surface area contributed by atoms with Gasteiger partial charge in [0.2, 0.25) is 0 Å². The van der Waals surface area contributed by atoms with Crippen LogP contribution in [0.2, 0.25) is 0 Å². The first-order valence-corrected chi connectivity index (χ1v) is 8.62. The molecule has 2 aliphatic carbocycles. The second-order valence-electron chi connectivity index (χ2n) is 7.41. The van der Waals surface area contributed by atoms with E-state index in [4.69, 9.17) is 10.5 Å². The maximum Gasteiger partial charge on any atom is 0.0685 e. The Bertz CT molecular complexity index is 298. The van der Waals surface area contributed by atoms with Crippen LogP contribution < -0.4 is 5.73 Å². The fourth-order valence-corrected chi connectivity index (χ4v) is 5.03. The highest BCUT2D eigenvalue weighted by molar-refractivity contribution is 4.96. The van der Waals surface area contributed by atoms with Crippen LogP contribution in [-0.4, -0.2) is 18.2 Å². The van der Waals surface area contributed by atoms with Crippen molar-refractivity contribution < 1.29 is 4.74 Å². The Morgan fingerprint density at radius 3 is 2.68 bits per heavy atom. The molecule has 3 fully saturated rings. The maximum atomic E-state index is 6.47. The van der Waals surface area contributed by atoms with Gasteiger partial charge in [-0.3, -0.25) is 0 Å². The Balaban J connectivity index is 1.66. The van der Waals surface area contributed by atoms with Gasteiger partial charge in [0, 0.05) is 12.6 Å². The molecular weight excluding hydrogens is 234 g/mol. The zero-order valence-corrected chi connectivity index (χ0v) is 12.6. The predicted molar refractivity (Wildman–Crippen MR) is 79.0 cm³/mol. The molecule has 0 radical (unpaired) electrons. The van der Waals surface area contributed by atoms with E-state index in [-0.39, 0.29) is 5.60 Å². The van der Waals surface area contributed by atoms with Crippen LogP contribution in [0.4, 0.5) is 0 Å². The summed E-state index contributed by atoms with van der Waals surface area (Å²) in [5.41, 5.74) is 6.74. The van der Waals surface area contributed by atoms with Crippen LogP contribution in [0.25, 0.3) is 0 Å². The van der Waals surface area contributed by atoms with Gasteiger partial charge in [-0.05, 0) is 62.7 Å². The van der Waals surface area contributed by atoms with E-state index >= 15 is 0 Å². The minimum absolute atomic E-state index is 0.266. The summed E-state index contributed by atoms with van der Waals surface area (Å²) in [7, 11) is 0. The lowest BCUT2D eigenvalue weighted by Gasteiger charge is -2.45. The van der Waals surface area contributed by atoms with Crippen molar-refractivity contribution in [2.24, 2.45) is 23.5 Å². The van der Waals surface area contributed by atoms with E-state index in [1.54, 1.807) is 0 Å². The van der Waals surface area contributed by atoms with E-state index in [0.29, 0.717) is 6.04 Å². The Morgan fingerprint density at radius 2 is 1.95 bits per heavy atom. The van der Waals surface area contributed by atoms with Crippen LogP contribution in [0, 0.1) is 17.8 Å². The standard InChI is InChI=1S/C17H31NO/c1-2-13-5-6-16(18)15(11-13)14-7-10-19-17(12-14)8-3-4-9-17/h13-16H,2-12,18H2,1H3. The van der Waals surface area contributed by atoms with Crippen molar-refractivity contribution in [1.82, 2.24) is 0 Å². The second kappa shape index (κ2) is 5.73. The van der Waals surface area contributed by atoms with Crippen molar-refractivity contribution in [3.8, 4) is 0 Å². The Morgan fingerprint density at radius 1 is 1.16 bits per heavy atom. The van der Waals surface area contributed by atoms with Crippen LogP contribution in [0.5, 0.6) is 0 Å². The fourth-order valence-electron chi connectivity index (χ4n) is 5.03. The SMILES string of the molecule is CCC1CCC(N)C(C2CCOC3(CCCC3)C2)C1. The molecule has 2 saturated carbocycles. The van der Waals surface area contributed by atoms with Crippen LogP contribution in [0.15, 0.2) is 0 Å². The second-order valence-corrected chi connectivity index (χ2v) is 7.41. The zero-order chi connectivity index (χ0) is 13.3. The minimum atomic E-state index is 0.266. The van der Waals surface area contributed by atoms with Gasteiger partial charge in [-0.2, -0.15) is 0 Å². The van der Waals surface area contributed by atoms with Gasteiger partial charge in [-0.1, -0.05) is 26.2 Å². The van der Waals surface area contributed by atoms with Crippen LogP contribution >= 0.6 is 0 Å². The van der Waals surface area contributed by atoms with E-state index in [9.17, 15) is 0 Å². The van der Waals surface area contributed by atoms with Gasteiger partial charge in [-0.15, -0.1) is 0 Å². The van der Waals surface area contributed by atoms with Gasteiger partial charge < -0.3 is 10.5 Å². The number of rotatable bonds is 2. The van der Waals surface area contributed by atoms with E-state index in [1.807, 2.05) is 0 Å². The first-order chi connectivity index (χ1) is 9.22. The quantitative estimate of drug-likeness (QED) is 0.822. The lowest BCUT2D eigenvalue weighted by molar-refractivity contribution is -0.107. The molecule has 2 nitrogen and oxygen atoms in total. The van der Waals surface area contributed by atoms with Crippen molar-refractivity contribution in [1.29, 1.82) is 0 Å². The number of hydrogen-bond acceptors (Lipinski definition) is 2. The van der Waals surface area contributed by atoms with Gasteiger partial charge in [0.25, 0.3) is 0 Å². The van der Waals surface area contributed by atoms with E-state index < -0.39 is 0 Å². The largest absolute Gasteiger partial charge is 0.375 e. The van der Waals surface area contributed by atoms with Gasteiger partial charge in [0.15, 0.2) is 0 Å². The highest BCUT2D eigenvalue weighted by Gasteiger charge is 2.44. The number of nitrogens with two attached hydrogens (primary N) is 1. The molecule has 0 amide bonds. The molecule has 19 heavy (non-hydrogen) atoms. The molecular formula is C17H31NO. The molecule has 1 heterocycles. The Hall–Kier alpha value is -0.0800. The normalized spacial score (nSPS) is 42.6. The summed E-state index contributed by atoms with van der Waals surface area (Å²) in [6.07, 6.45) is 13.3. The third kappa shape index (κ3) is 2.85. The average molecular weight is 265 g/mol. The zero-order valence-electron chi connectivity index (χ0n) is 12.6. The molecule has 2 heteroatoms. The summed E-state index contributed by atoms with van der Waals surface area (Å²) in [5.74, 6) is 2.56. The van der Waals surface area contributed by atoms with Crippen LogP contribution in [-0.2, 0) is 4.74 Å². The molecule has 4 unspecified atom stereocenters. The average Bonchev–Trinajstić information content (AvgIpc) is 2.87. The van der Waals surface area contributed by atoms with E-state index in [0.717, 1.165) is 24.4 Å². The third-order valence-corrected chi connectivity index (χ3v) is 6.29. The monoisotopic (exact) mass is 265 g/mol. The lowest BCUT2D eigenvalue weighted by atomic mass is 9.67. The first-order valence-electron chi connectivity index (χ1n) is 8.62. The molecule has 1 aliphatic heterocycles. The van der Waals surface area contributed by atoms with Gasteiger partial charge in [-0.25, -0.2) is 0 Å². The van der Waals surface area contributed by atoms with E-state index in [2.05, 4.69) is 6.92 Å². The summed E-state index contributed by atoms with van der Waals surface area (Å²) in [6.45, 7) is 3.34. The highest BCUT2D eigenvalue weighted by atomic mass is 16.5. The molecule has 0 aromatic rings. The molecule has 3 aliphatic rings. The molecule has 110 valence electrons. The summed E-state index contributed by atoms with van der Waals surface area (Å²) < 4.78 is 6.20. The summed E-state index contributed by atoms with van der Waals surface area (Å²) in [4.78, 5) is 0. The van der Waals surface area contributed by atoms with Crippen molar-refractivity contribution in [2.75, 3.05) is 6.61 Å². The minimum Gasteiger partial charge on any atom is -0.375 e. The number of hydrogen-bond donors (Lipinski definition) is 1. The van der Waals surface area contributed by atoms with E-state index in [1.165, 1.54) is 64.2 Å². The van der Waals surface area contributed by atoms with Crippen molar-refractivity contribution >= 4 is 0 Å². The Kier molecular flexibility index (Phi) is 4.19. The van der Waals surface area contributed by atoms with Gasteiger partial charge in [0.05, 0.1) is 5.60 Å². The first kappa shape index (κ1) is 13.9. The summed E-state index contributed by atoms with van der Waals surface area (Å²) >= 11 is 0.